The van der Waals surface area contributed by atoms with Crippen molar-refractivity contribution in [1.29, 1.82) is 0 Å². The van der Waals surface area contributed by atoms with E-state index >= 15 is 0 Å². The third-order valence-corrected chi connectivity index (χ3v) is 3.41. The lowest BCUT2D eigenvalue weighted by Gasteiger charge is -2.10. The summed E-state index contributed by atoms with van der Waals surface area (Å²) in [5.74, 6) is 0.350. The van der Waals surface area contributed by atoms with Crippen LogP contribution in [0.3, 0.4) is 0 Å². The van der Waals surface area contributed by atoms with Crippen LogP contribution in [-0.4, -0.2) is 13.0 Å². The van der Waals surface area contributed by atoms with Crippen molar-refractivity contribution in [3.8, 4) is 5.75 Å². The summed E-state index contributed by atoms with van der Waals surface area (Å²) in [6.45, 7) is 0. The smallest absolute Gasteiger partial charge is 0.255 e. The Balaban J connectivity index is 2.23. The number of rotatable bonds is 3. The molecule has 3 nitrogen and oxygen atoms in total. The number of hydrogen-bond donors (Lipinski definition) is 1. The molecule has 1 amide bonds. The second-order valence-corrected chi connectivity index (χ2v) is 5.18. The van der Waals surface area contributed by atoms with Crippen LogP contribution in [0.2, 0.25) is 15.1 Å². The van der Waals surface area contributed by atoms with Crippen molar-refractivity contribution >= 4 is 46.4 Å². The molecule has 2 rings (SSSR count). The number of benzene rings is 2. The first-order chi connectivity index (χ1) is 9.51. The molecule has 2 aromatic carbocycles. The van der Waals surface area contributed by atoms with Crippen LogP contribution >= 0.6 is 34.8 Å². The highest BCUT2D eigenvalue weighted by Crippen LogP contribution is 2.33. The molecule has 0 aromatic heterocycles. The van der Waals surface area contributed by atoms with Crippen LogP contribution in [0.1, 0.15) is 10.4 Å². The van der Waals surface area contributed by atoms with Gasteiger partial charge in [-0.3, -0.25) is 4.79 Å². The number of ether oxygens (including phenoxy) is 1. The SMILES string of the molecule is COc1ccc(C(=O)Nc2c(Cl)cc(Cl)cc2Cl)cc1. The molecule has 0 aliphatic rings. The summed E-state index contributed by atoms with van der Waals surface area (Å²) < 4.78 is 5.03. The highest BCUT2D eigenvalue weighted by atomic mass is 35.5. The number of hydrogen-bond acceptors (Lipinski definition) is 2. The fraction of sp³-hybridized carbons (Fsp3) is 0.0714. The van der Waals surface area contributed by atoms with Gasteiger partial charge in [-0.15, -0.1) is 0 Å². The molecule has 6 heteroatoms. The van der Waals surface area contributed by atoms with Crippen molar-refractivity contribution in [3.05, 3.63) is 57.0 Å². The molecule has 0 unspecified atom stereocenters. The van der Waals surface area contributed by atoms with Crippen LogP contribution in [0, 0.1) is 0 Å². The van der Waals surface area contributed by atoms with Gasteiger partial charge in [0.05, 0.1) is 22.8 Å². The monoisotopic (exact) mass is 329 g/mol. The second-order valence-electron chi connectivity index (χ2n) is 3.93. The highest BCUT2D eigenvalue weighted by Gasteiger charge is 2.12. The highest BCUT2D eigenvalue weighted by molar-refractivity contribution is 6.42. The van der Waals surface area contributed by atoms with Crippen molar-refractivity contribution in [3.63, 3.8) is 0 Å². The predicted molar refractivity (Wildman–Crippen MR) is 82.4 cm³/mol. The Bertz CT molecular complexity index is 618. The third-order valence-electron chi connectivity index (χ3n) is 2.60. The van der Waals surface area contributed by atoms with Gasteiger partial charge in [0.2, 0.25) is 0 Å². The summed E-state index contributed by atoms with van der Waals surface area (Å²) >= 11 is 17.8. The molecule has 0 heterocycles. The molecule has 0 aliphatic heterocycles. The number of anilines is 1. The molecule has 0 saturated heterocycles. The Morgan fingerprint density at radius 2 is 1.60 bits per heavy atom. The van der Waals surface area contributed by atoms with Gasteiger partial charge in [-0.1, -0.05) is 34.8 Å². The van der Waals surface area contributed by atoms with E-state index in [4.69, 9.17) is 39.5 Å². The van der Waals surface area contributed by atoms with E-state index < -0.39 is 0 Å². The van der Waals surface area contributed by atoms with E-state index in [2.05, 4.69) is 5.32 Å². The van der Waals surface area contributed by atoms with Gasteiger partial charge in [-0.2, -0.15) is 0 Å². The molecule has 0 fully saturated rings. The maximum absolute atomic E-state index is 12.1. The minimum Gasteiger partial charge on any atom is -0.497 e. The van der Waals surface area contributed by atoms with Gasteiger partial charge in [-0.05, 0) is 36.4 Å². The number of halogens is 3. The van der Waals surface area contributed by atoms with Crippen LogP contribution in [0.25, 0.3) is 0 Å². The summed E-state index contributed by atoms with van der Waals surface area (Å²) in [7, 11) is 1.56. The number of carbonyl (C=O) groups excluding carboxylic acids is 1. The van der Waals surface area contributed by atoms with E-state index in [1.54, 1.807) is 31.4 Å². The number of nitrogens with one attached hydrogen (secondary N) is 1. The van der Waals surface area contributed by atoms with Crippen molar-refractivity contribution in [2.24, 2.45) is 0 Å². The molecule has 20 heavy (non-hydrogen) atoms. The van der Waals surface area contributed by atoms with Crippen molar-refractivity contribution < 1.29 is 9.53 Å². The Kier molecular flexibility index (Phi) is 4.76. The van der Waals surface area contributed by atoms with Crippen LogP contribution in [0.4, 0.5) is 5.69 Å². The van der Waals surface area contributed by atoms with E-state index in [0.29, 0.717) is 22.0 Å². The number of methoxy groups -OCH3 is 1. The number of carbonyl (C=O) groups is 1. The second kappa shape index (κ2) is 6.35. The van der Waals surface area contributed by atoms with Crippen molar-refractivity contribution in [1.82, 2.24) is 0 Å². The van der Waals surface area contributed by atoms with Gasteiger partial charge in [-0.25, -0.2) is 0 Å². The Labute approximate surface area is 131 Å². The Morgan fingerprint density at radius 3 is 2.10 bits per heavy atom. The fourth-order valence-electron chi connectivity index (χ4n) is 1.59. The van der Waals surface area contributed by atoms with Crippen LogP contribution in [0.15, 0.2) is 36.4 Å². The third kappa shape index (κ3) is 3.37. The average molecular weight is 331 g/mol. The van der Waals surface area contributed by atoms with Gasteiger partial charge in [0.25, 0.3) is 5.91 Å². The van der Waals surface area contributed by atoms with Crippen LogP contribution < -0.4 is 10.1 Å². The Hall–Kier alpha value is -1.42. The molecule has 0 radical (unpaired) electrons. The number of amides is 1. The zero-order valence-corrected chi connectivity index (χ0v) is 12.7. The molecule has 104 valence electrons. The molecule has 0 bridgehead atoms. The summed E-state index contributed by atoms with van der Waals surface area (Å²) in [6, 6.07) is 9.70. The van der Waals surface area contributed by atoms with Gasteiger partial charge in [0.15, 0.2) is 0 Å². The van der Waals surface area contributed by atoms with Gasteiger partial charge in [0.1, 0.15) is 5.75 Å². The molecule has 1 N–H and O–H groups in total. The zero-order valence-electron chi connectivity index (χ0n) is 10.4. The van der Waals surface area contributed by atoms with Crippen LogP contribution in [0.5, 0.6) is 5.75 Å². The minimum absolute atomic E-state index is 0.282. The maximum atomic E-state index is 12.1. The van der Waals surface area contributed by atoms with Gasteiger partial charge < -0.3 is 10.1 Å². The molecular weight excluding hydrogens is 321 g/mol. The topological polar surface area (TPSA) is 38.3 Å². The van der Waals surface area contributed by atoms with E-state index in [0.717, 1.165) is 0 Å². The maximum Gasteiger partial charge on any atom is 0.255 e. The molecule has 0 atom stereocenters. The summed E-state index contributed by atoms with van der Waals surface area (Å²) in [5, 5.41) is 3.63. The van der Waals surface area contributed by atoms with Gasteiger partial charge in [0, 0.05) is 10.6 Å². The summed E-state index contributed by atoms with van der Waals surface area (Å²) in [4.78, 5) is 12.1. The van der Waals surface area contributed by atoms with Crippen LogP contribution in [-0.2, 0) is 0 Å². The minimum atomic E-state index is -0.321. The fourth-order valence-corrected chi connectivity index (χ4v) is 2.50. The first kappa shape index (κ1) is 15.0. The molecule has 0 aliphatic carbocycles. The summed E-state index contributed by atoms with van der Waals surface area (Å²) in [6.07, 6.45) is 0. The molecular formula is C14H10Cl3NO2. The van der Waals surface area contributed by atoms with Gasteiger partial charge >= 0.3 is 0 Å². The van der Waals surface area contributed by atoms with E-state index in [1.165, 1.54) is 12.1 Å². The average Bonchev–Trinajstić information content (AvgIpc) is 2.42. The Morgan fingerprint density at radius 1 is 1.05 bits per heavy atom. The molecule has 0 spiro atoms. The standard InChI is InChI=1S/C14H10Cl3NO2/c1-20-10-4-2-8(3-5-10)14(19)18-13-11(16)6-9(15)7-12(13)17/h2-7H,1H3,(H,18,19). The molecule has 0 saturated carbocycles. The lowest BCUT2D eigenvalue weighted by Crippen LogP contribution is -2.12. The normalized spacial score (nSPS) is 10.2. The molecule has 2 aromatic rings. The first-order valence-electron chi connectivity index (χ1n) is 5.61. The van der Waals surface area contributed by atoms with E-state index in [9.17, 15) is 4.79 Å². The lowest BCUT2D eigenvalue weighted by molar-refractivity contribution is 0.102. The first-order valence-corrected chi connectivity index (χ1v) is 6.74. The van der Waals surface area contributed by atoms with Crippen molar-refractivity contribution in [2.45, 2.75) is 0 Å². The summed E-state index contributed by atoms with van der Waals surface area (Å²) in [5.41, 5.74) is 0.798. The largest absolute Gasteiger partial charge is 0.497 e. The van der Waals surface area contributed by atoms with E-state index in [-0.39, 0.29) is 16.0 Å². The lowest BCUT2D eigenvalue weighted by atomic mass is 10.2. The zero-order chi connectivity index (χ0) is 14.7. The quantitative estimate of drug-likeness (QED) is 0.868. The van der Waals surface area contributed by atoms with E-state index in [1.807, 2.05) is 0 Å². The van der Waals surface area contributed by atoms with Crippen molar-refractivity contribution in [2.75, 3.05) is 12.4 Å². The predicted octanol–water partition coefficient (Wildman–Crippen LogP) is 4.91.